The Labute approximate surface area is 152 Å². The summed E-state index contributed by atoms with van der Waals surface area (Å²) in [7, 11) is 0. The summed E-state index contributed by atoms with van der Waals surface area (Å²) in [6, 6.07) is 0.187. The summed E-state index contributed by atoms with van der Waals surface area (Å²) in [6.07, 6.45) is 7.01. The molecular formula is C17H24N4O3S. The second kappa shape index (κ2) is 8.03. The van der Waals surface area contributed by atoms with Crippen molar-refractivity contribution in [1.29, 1.82) is 0 Å². The molecule has 7 nitrogen and oxygen atoms in total. The summed E-state index contributed by atoms with van der Waals surface area (Å²) in [4.78, 5) is 37.3. The van der Waals surface area contributed by atoms with Gasteiger partial charge in [-0.25, -0.2) is 14.8 Å². The number of anilines is 1. The monoisotopic (exact) mass is 364 g/mol. The minimum atomic E-state index is -0.399. The Morgan fingerprint density at radius 2 is 2.24 bits per heavy atom. The van der Waals surface area contributed by atoms with Crippen LogP contribution < -0.4 is 4.90 Å². The number of thioether (sulfide) groups is 1. The van der Waals surface area contributed by atoms with Gasteiger partial charge in [-0.3, -0.25) is 4.79 Å². The molecule has 136 valence electrons. The fraction of sp³-hybridized carbons (Fsp3) is 0.647. The lowest BCUT2D eigenvalue weighted by atomic mass is 10.0. The van der Waals surface area contributed by atoms with Crippen LogP contribution >= 0.6 is 11.8 Å². The van der Waals surface area contributed by atoms with Gasteiger partial charge in [0.15, 0.2) is 5.16 Å². The molecule has 0 radical (unpaired) electrons. The second-order valence-electron chi connectivity index (χ2n) is 6.25. The summed E-state index contributed by atoms with van der Waals surface area (Å²) in [5.74, 6) is 0.462. The molecular weight excluding hydrogens is 340 g/mol. The number of carbonyl (C=O) groups excluding carboxylic acids is 2. The maximum absolute atomic E-state index is 12.3. The minimum absolute atomic E-state index is 0.187. The van der Waals surface area contributed by atoms with Crippen molar-refractivity contribution in [2.24, 2.45) is 0 Å². The van der Waals surface area contributed by atoms with Crippen LogP contribution in [0.5, 0.6) is 0 Å². The van der Waals surface area contributed by atoms with E-state index >= 15 is 0 Å². The van der Waals surface area contributed by atoms with Crippen molar-refractivity contribution in [3.05, 3.63) is 11.8 Å². The second-order valence-corrected chi connectivity index (χ2v) is 7.02. The van der Waals surface area contributed by atoms with Gasteiger partial charge in [-0.2, -0.15) is 0 Å². The van der Waals surface area contributed by atoms with Gasteiger partial charge in [0.25, 0.3) is 0 Å². The molecule has 2 fully saturated rings. The van der Waals surface area contributed by atoms with Gasteiger partial charge in [-0.05, 0) is 32.4 Å². The van der Waals surface area contributed by atoms with Gasteiger partial charge in [-0.1, -0.05) is 11.8 Å². The Morgan fingerprint density at radius 3 is 2.92 bits per heavy atom. The molecule has 0 bridgehead atoms. The molecule has 1 unspecified atom stereocenters. The Bertz CT molecular complexity index is 655. The number of rotatable bonds is 5. The van der Waals surface area contributed by atoms with Crippen LogP contribution in [0.2, 0.25) is 0 Å². The van der Waals surface area contributed by atoms with E-state index in [1.165, 1.54) is 11.8 Å². The number of hydrogen-bond acceptors (Lipinski definition) is 7. The van der Waals surface area contributed by atoms with Crippen LogP contribution in [0.25, 0.3) is 0 Å². The Kier molecular flexibility index (Phi) is 5.78. The van der Waals surface area contributed by atoms with Crippen molar-refractivity contribution >= 4 is 29.5 Å². The van der Waals surface area contributed by atoms with Gasteiger partial charge in [0.05, 0.1) is 6.61 Å². The van der Waals surface area contributed by atoms with Gasteiger partial charge in [0, 0.05) is 38.3 Å². The highest BCUT2D eigenvalue weighted by molar-refractivity contribution is 7.98. The predicted molar refractivity (Wildman–Crippen MR) is 96.0 cm³/mol. The molecule has 0 N–H and O–H groups in total. The molecule has 3 rings (SSSR count). The SMILES string of the molecule is CCOC(=O)c1cnc(SC)nc1N1CCCC(N2CCCC2=O)C1. The lowest BCUT2D eigenvalue weighted by Crippen LogP contribution is -2.49. The van der Waals surface area contributed by atoms with E-state index in [1.54, 1.807) is 13.1 Å². The first-order chi connectivity index (χ1) is 12.1. The van der Waals surface area contributed by atoms with Gasteiger partial charge in [0.1, 0.15) is 11.4 Å². The van der Waals surface area contributed by atoms with Crippen molar-refractivity contribution in [2.75, 3.05) is 37.4 Å². The fourth-order valence-electron chi connectivity index (χ4n) is 3.51. The van der Waals surface area contributed by atoms with Crippen LogP contribution in [0, 0.1) is 0 Å². The first kappa shape index (κ1) is 18.0. The Balaban J connectivity index is 1.85. The number of nitrogens with zero attached hydrogens (tertiary/aromatic N) is 4. The van der Waals surface area contributed by atoms with Crippen LogP contribution in [-0.4, -0.2) is 65.3 Å². The highest BCUT2D eigenvalue weighted by Crippen LogP contribution is 2.28. The van der Waals surface area contributed by atoms with Crippen molar-refractivity contribution in [3.8, 4) is 0 Å². The van der Waals surface area contributed by atoms with Gasteiger partial charge in [-0.15, -0.1) is 0 Å². The Morgan fingerprint density at radius 1 is 1.40 bits per heavy atom. The number of hydrogen-bond donors (Lipinski definition) is 0. The van der Waals surface area contributed by atoms with E-state index in [-0.39, 0.29) is 11.9 Å². The molecule has 2 saturated heterocycles. The number of piperidine rings is 1. The Hall–Kier alpha value is -1.83. The quantitative estimate of drug-likeness (QED) is 0.449. The average Bonchev–Trinajstić information content (AvgIpc) is 3.07. The summed E-state index contributed by atoms with van der Waals surface area (Å²) >= 11 is 1.44. The van der Waals surface area contributed by atoms with Crippen molar-refractivity contribution in [1.82, 2.24) is 14.9 Å². The smallest absolute Gasteiger partial charge is 0.343 e. The third-order valence-corrected chi connectivity index (χ3v) is 5.23. The number of amides is 1. The number of ether oxygens (including phenoxy) is 1. The van der Waals surface area contributed by atoms with E-state index in [0.717, 1.165) is 32.4 Å². The van der Waals surface area contributed by atoms with E-state index in [9.17, 15) is 9.59 Å². The lowest BCUT2D eigenvalue weighted by Gasteiger charge is -2.38. The molecule has 1 aromatic heterocycles. The highest BCUT2D eigenvalue weighted by atomic mass is 32.2. The zero-order valence-electron chi connectivity index (χ0n) is 14.7. The maximum Gasteiger partial charge on any atom is 0.343 e. The molecule has 0 spiro atoms. The van der Waals surface area contributed by atoms with Crippen LogP contribution in [0.4, 0.5) is 5.82 Å². The normalized spacial score (nSPS) is 20.9. The van der Waals surface area contributed by atoms with Crippen molar-refractivity contribution < 1.29 is 14.3 Å². The largest absolute Gasteiger partial charge is 0.462 e. The number of likely N-dealkylation sites (tertiary alicyclic amines) is 1. The van der Waals surface area contributed by atoms with E-state index in [4.69, 9.17) is 4.74 Å². The predicted octanol–water partition coefficient (Wildman–Crippen LogP) is 1.97. The molecule has 0 saturated carbocycles. The molecule has 0 aromatic carbocycles. The highest BCUT2D eigenvalue weighted by Gasteiger charge is 2.33. The lowest BCUT2D eigenvalue weighted by molar-refractivity contribution is -0.129. The molecule has 2 aliphatic heterocycles. The fourth-order valence-corrected chi connectivity index (χ4v) is 3.84. The minimum Gasteiger partial charge on any atom is -0.462 e. The first-order valence-corrected chi connectivity index (χ1v) is 9.99. The first-order valence-electron chi connectivity index (χ1n) is 8.76. The molecule has 1 amide bonds. The van der Waals surface area contributed by atoms with Crippen molar-refractivity contribution in [2.45, 2.75) is 43.8 Å². The third-order valence-electron chi connectivity index (χ3n) is 4.67. The van der Waals surface area contributed by atoms with Gasteiger partial charge < -0.3 is 14.5 Å². The van der Waals surface area contributed by atoms with E-state index in [2.05, 4.69) is 14.9 Å². The standard InChI is InChI=1S/C17H24N4O3S/c1-3-24-16(23)13-10-18-17(25-2)19-15(13)20-8-4-6-12(11-20)21-9-5-7-14(21)22/h10,12H,3-9,11H2,1-2H3. The van der Waals surface area contributed by atoms with Gasteiger partial charge in [0.2, 0.25) is 5.91 Å². The molecule has 0 aliphatic carbocycles. The number of esters is 1. The van der Waals surface area contributed by atoms with Crippen LogP contribution in [0.1, 0.15) is 43.0 Å². The summed E-state index contributed by atoms with van der Waals surface area (Å²) in [5.41, 5.74) is 0.396. The van der Waals surface area contributed by atoms with E-state index in [1.807, 2.05) is 11.2 Å². The van der Waals surface area contributed by atoms with Crippen LogP contribution in [0.15, 0.2) is 11.4 Å². The third kappa shape index (κ3) is 3.89. The molecule has 3 heterocycles. The van der Waals surface area contributed by atoms with Crippen LogP contribution in [-0.2, 0) is 9.53 Å². The van der Waals surface area contributed by atoms with E-state index in [0.29, 0.717) is 36.1 Å². The molecule has 1 aromatic rings. The van der Waals surface area contributed by atoms with Crippen LogP contribution in [0.3, 0.4) is 0 Å². The number of aromatic nitrogens is 2. The zero-order chi connectivity index (χ0) is 17.8. The summed E-state index contributed by atoms with van der Waals surface area (Å²) in [6.45, 7) is 4.44. The van der Waals surface area contributed by atoms with Gasteiger partial charge >= 0.3 is 5.97 Å². The molecule has 2 aliphatic rings. The zero-order valence-corrected chi connectivity index (χ0v) is 15.5. The van der Waals surface area contributed by atoms with E-state index < -0.39 is 5.97 Å². The topological polar surface area (TPSA) is 75.6 Å². The molecule has 1 atom stereocenters. The average molecular weight is 364 g/mol. The van der Waals surface area contributed by atoms with Crippen molar-refractivity contribution in [3.63, 3.8) is 0 Å². The summed E-state index contributed by atoms with van der Waals surface area (Å²) in [5, 5.41) is 0.627. The molecule has 8 heteroatoms. The number of carbonyl (C=O) groups is 2. The molecule has 25 heavy (non-hydrogen) atoms. The summed E-state index contributed by atoms with van der Waals surface area (Å²) < 4.78 is 5.16. The maximum atomic E-state index is 12.3.